The SMILES string of the molecule is O=S(=O)(NCCOc1ccc(Br)cc1)c1cccs1. The first-order chi connectivity index (χ1) is 9.08. The van der Waals surface area contributed by atoms with Crippen LogP contribution >= 0.6 is 27.3 Å². The molecule has 1 heterocycles. The summed E-state index contributed by atoms with van der Waals surface area (Å²) in [6.07, 6.45) is 0. The maximum absolute atomic E-state index is 11.8. The van der Waals surface area contributed by atoms with Gasteiger partial charge in [0.25, 0.3) is 0 Å². The number of benzene rings is 1. The Bertz CT molecular complexity index is 609. The van der Waals surface area contributed by atoms with Gasteiger partial charge in [0, 0.05) is 11.0 Å². The van der Waals surface area contributed by atoms with Crippen molar-refractivity contribution in [3.63, 3.8) is 0 Å². The minimum absolute atomic E-state index is 0.232. The van der Waals surface area contributed by atoms with Crippen LogP contribution < -0.4 is 9.46 Å². The van der Waals surface area contributed by atoms with Gasteiger partial charge < -0.3 is 4.74 Å². The number of hydrogen-bond donors (Lipinski definition) is 1. The molecule has 1 aromatic heterocycles. The molecule has 7 heteroatoms. The summed E-state index contributed by atoms with van der Waals surface area (Å²) in [4.78, 5) is 0. The lowest BCUT2D eigenvalue weighted by atomic mass is 10.3. The van der Waals surface area contributed by atoms with Gasteiger partial charge in [0.05, 0.1) is 0 Å². The van der Waals surface area contributed by atoms with Crippen LogP contribution in [0.4, 0.5) is 0 Å². The first-order valence-electron chi connectivity index (χ1n) is 5.49. The van der Waals surface area contributed by atoms with E-state index in [1.807, 2.05) is 24.3 Å². The molecule has 0 aliphatic heterocycles. The Kier molecular flexibility index (Phi) is 4.98. The second-order valence-corrected chi connectivity index (χ2v) is 7.49. The maximum Gasteiger partial charge on any atom is 0.250 e. The van der Waals surface area contributed by atoms with E-state index >= 15 is 0 Å². The van der Waals surface area contributed by atoms with Gasteiger partial charge in [-0.2, -0.15) is 0 Å². The number of nitrogens with one attached hydrogen (secondary N) is 1. The van der Waals surface area contributed by atoms with Crippen LogP contribution in [0.25, 0.3) is 0 Å². The smallest absolute Gasteiger partial charge is 0.250 e. The summed E-state index contributed by atoms with van der Waals surface area (Å²) >= 11 is 4.52. The predicted molar refractivity (Wildman–Crippen MR) is 79.1 cm³/mol. The fourth-order valence-electron chi connectivity index (χ4n) is 1.36. The third-order valence-corrected chi connectivity index (χ3v) is 5.62. The second-order valence-electron chi connectivity index (χ2n) is 3.63. The van der Waals surface area contributed by atoms with E-state index in [2.05, 4.69) is 20.7 Å². The number of thiophene rings is 1. The molecular formula is C12H12BrNO3S2. The predicted octanol–water partition coefficient (Wildman–Crippen LogP) is 2.87. The molecular weight excluding hydrogens is 350 g/mol. The average Bonchev–Trinajstić information content (AvgIpc) is 2.91. The van der Waals surface area contributed by atoms with Crippen molar-refractivity contribution in [3.05, 3.63) is 46.3 Å². The summed E-state index contributed by atoms with van der Waals surface area (Å²) in [5.41, 5.74) is 0. The molecule has 2 aromatic rings. The van der Waals surface area contributed by atoms with Crippen LogP contribution in [0.1, 0.15) is 0 Å². The Morgan fingerprint density at radius 2 is 1.95 bits per heavy atom. The summed E-state index contributed by atoms with van der Waals surface area (Å²) in [6.45, 7) is 0.516. The summed E-state index contributed by atoms with van der Waals surface area (Å²) in [5.74, 6) is 0.707. The molecule has 102 valence electrons. The van der Waals surface area contributed by atoms with Crippen LogP contribution in [0.15, 0.2) is 50.5 Å². The summed E-state index contributed by atoms with van der Waals surface area (Å²) < 4.78 is 32.8. The zero-order valence-corrected chi connectivity index (χ0v) is 13.1. The molecule has 1 N–H and O–H groups in total. The summed E-state index contributed by atoms with van der Waals surface area (Å²) in [5, 5.41) is 1.73. The Hall–Kier alpha value is -0.890. The molecule has 0 atom stereocenters. The van der Waals surface area contributed by atoms with Crippen LogP contribution in [0.5, 0.6) is 5.75 Å². The van der Waals surface area contributed by atoms with E-state index in [4.69, 9.17) is 4.74 Å². The lowest BCUT2D eigenvalue weighted by Crippen LogP contribution is -2.27. The monoisotopic (exact) mass is 361 g/mol. The minimum Gasteiger partial charge on any atom is -0.492 e. The van der Waals surface area contributed by atoms with E-state index in [-0.39, 0.29) is 13.2 Å². The Morgan fingerprint density at radius 3 is 2.58 bits per heavy atom. The molecule has 2 rings (SSSR count). The molecule has 4 nitrogen and oxygen atoms in total. The van der Waals surface area contributed by atoms with E-state index in [0.29, 0.717) is 9.96 Å². The van der Waals surface area contributed by atoms with Gasteiger partial charge >= 0.3 is 0 Å². The van der Waals surface area contributed by atoms with Crippen molar-refractivity contribution in [2.45, 2.75) is 4.21 Å². The Balaban J connectivity index is 1.80. The summed E-state index contributed by atoms with van der Waals surface area (Å²) in [7, 11) is -3.40. The van der Waals surface area contributed by atoms with Gasteiger partial charge in [-0.1, -0.05) is 22.0 Å². The van der Waals surface area contributed by atoms with Gasteiger partial charge in [-0.3, -0.25) is 0 Å². The van der Waals surface area contributed by atoms with Crippen molar-refractivity contribution in [2.24, 2.45) is 0 Å². The lowest BCUT2D eigenvalue weighted by molar-refractivity contribution is 0.323. The van der Waals surface area contributed by atoms with Crippen molar-refractivity contribution in [2.75, 3.05) is 13.2 Å². The number of halogens is 1. The molecule has 0 fully saturated rings. The topological polar surface area (TPSA) is 55.4 Å². The molecule has 0 amide bonds. The zero-order valence-electron chi connectivity index (χ0n) is 9.87. The van der Waals surface area contributed by atoms with Crippen molar-refractivity contribution in [3.8, 4) is 5.75 Å². The molecule has 19 heavy (non-hydrogen) atoms. The van der Waals surface area contributed by atoms with Gasteiger partial charge in [-0.05, 0) is 35.7 Å². The van der Waals surface area contributed by atoms with Crippen molar-refractivity contribution in [1.29, 1.82) is 0 Å². The normalized spacial score (nSPS) is 11.4. The third kappa shape index (κ3) is 4.31. The molecule has 0 radical (unpaired) electrons. The zero-order chi connectivity index (χ0) is 13.7. The molecule has 0 bridgehead atoms. The first kappa shape index (κ1) is 14.5. The quantitative estimate of drug-likeness (QED) is 0.804. The van der Waals surface area contributed by atoms with E-state index < -0.39 is 10.0 Å². The highest BCUT2D eigenvalue weighted by atomic mass is 79.9. The van der Waals surface area contributed by atoms with E-state index in [1.165, 1.54) is 11.3 Å². The van der Waals surface area contributed by atoms with E-state index in [9.17, 15) is 8.42 Å². The number of rotatable bonds is 6. The molecule has 0 aliphatic rings. The van der Waals surface area contributed by atoms with Gasteiger partial charge in [-0.15, -0.1) is 11.3 Å². The van der Waals surface area contributed by atoms with Gasteiger partial charge in [0.15, 0.2) is 0 Å². The fraction of sp³-hybridized carbons (Fsp3) is 0.167. The van der Waals surface area contributed by atoms with Gasteiger partial charge in [-0.25, -0.2) is 13.1 Å². The van der Waals surface area contributed by atoms with Crippen LogP contribution in [0.2, 0.25) is 0 Å². The Morgan fingerprint density at radius 1 is 1.21 bits per heavy atom. The largest absolute Gasteiger partial charge is 0.492 e. The van der Waals surface area contributed by atoms with E-state index in [0.717, 1.165) is 4.47 Å². The maximum atomic E-state index is 11.8. The van der Waals surface area contributed by atoms with Crippen LogP contribution in [0, 0.1) is 0 Å². The standard InChI is InChI=1S/C12H12BrNO3S2/c13-10-3-5-11(6-4-10)17-8-7-14-19(15,16)12-2-1-9-18-12/h1-6,9,14H,7-8H2. The fourth-order valence-corrected chi connectivity index (χ4v) is 3.68. The minimum atomic E-state index is -3.40. The summed E-state index contributed by atoms with van der Waals surface area (Å²) in [6, 6.07) is 10.6. The van der Waals surface area contributed by atoms with Crippen LogP contribution in [0.3, 0.4) is 0 Å². The first-order valence-corrected chi connectivity index (χ1v) is 8.65. The molecule has 0 saturated heterocycles. The Labute approximate surface area is 124 Å². The number of sulfonamides is 1. The van der Waals surface area contributed by atoms with Crippen molar-refractivity contribution in [1.82, 2.24) is 4.72 Å². The van der Waals surface area contributed by atoms with E-state index in [1.54, 1.807) is 17.5 Å². The van der Waals surface area contributed by atoms with Gasteiger partial charge in [0.2, 0.25) is 10.0 Å². The highest BCUT2D eigenvalue weighted by Crippen LogP contribution is 2.16. The molecule has 0 saturated carbocycles. The second kappa shape index (κ2) is 6.51. The average molecular weight is 362 g/mol. The highest BCUT2D eigenvalue weighted by molar-refractivity contribution is 9.10. The number of ether oxygens (including phenoxy) is 1. The highest BCUT2D eigenvalue weighted by Gasteiger charge is 2.13. The molecule has 0 unspecified atom stereocenters. The van der Waals surface area contributed by atoms with Crippen molar-refractivity contribution < 1.29 is 13.2 Å². The number of hydrogen-bond acceptors (Lipinski definition) is 4. The molecule has 0 spiro atoms. The molecule has 0 aliphatic carbocycles. The van der Waals surface area contributed by atoms with Crippen LogP contribution in [-0.2, 0) is 10.0 Å². The van der Waals surface area contributed by atoms with Gasteiger partial charge in [0.1, 0.15) is 16.6 Å². The lowest BCUT2D eigenvalue weighted by Gasteiger charge is -2.07. The third-order valence-electron chi connectivity index (χ3n) is 2.24. The van der Waals surface area contributed by atoms with Crippen molar-refractivity contribution >= 4 is 37.3 Å². The molecule has 1 aromatic carbocycles. The van der Waals surface area contributed by atoms with Crippen LogP contribution in [-0.4, -0.2) is 21.6 Å².